The smallest absolute Gasteiger partial charge is 0.368 e. The molecule has 2 aromatic heterocycles. The number of aromatic nitrogens is 4. The number of H-pyrrole nitrogens is 1. The fourth-order valence-corrected chi connectivity index (χ4v) is 1.88. The first-order valence-corrected chi connectivity index (χ1v) is 5.26. The van der Waals surface area contributed by atoms with Gasteiger partial charge in [0.05, 0.1) is 12.6 Å². The van der Waals surface area contributed by atoms with Crippen molar-refractivity contribution in [3.8, 4) is 0 Å². The Balaban J connectivity index is 2.55. The van der Waals surface area contributed by atoms with Crippen molar-refractivity contribution in [1.29, 1.82) is 0 Å². The van der Waals surface area contributed by atoms with Gasteiger partial charge in [-0.1, -0.05) is 0 Å². The van der Waals surface area contributed by atoms with Crippen molar-refractivity contribution in [2.24, 2.45) is 0 Å². The highest BCUT2D eigenvalue weighted by Gasteiger charge is 2.19. The molecular formula is C11H7FN4O3. The molecule has 0 amide bonds. The third-order valence-electron chi connectivity index (χ3n) is 2.71. The normalized spacial score (nSPS) is 11.1. The molecule has 0 fully saturated rings. The van der Waals surface area contributed by atoms with Crippen LogP contribution in [0.4, 0.5) is 4.39 Å². The molecule has 7 nitrogen and oxygen atoms in total. The Hall–Kier alpha value is -2.77. The van der Waals surface area contributed by atoms with Crippen molar-refractivity contribution >= 4 is 22.4 Å². The number of ether oxygens (including phenoxy) is 1. The fraction of sp³-hybridized carbons (Fsp3) is 0.0909. The van der Waals surface area contributed by atoms with Crippen LogP contribution in [0.2, 0.25) is 0 Å². The SMILES string of the molecule is COC(=O)c1n[nH]n2c(=O)nc3ccc(F)cc3c12. The Morgan fingerprint density at radius 1 is 1.47 bits per heavy atom. The molecule has 19 heavy (non-hydrogen) atoms. The Morgan fingerprint density at radius 3 is 3.00 bits per heavy atom. The zero-order valence-electron chi connectivity index (χ0n) is 9.68. The van der Waals surface area contributed by atoms with Crippen LogP contribution in [0.1, 0.15) is 10.5 Å². The fourth-order valence-electron chi connectivity index (χ4n) is 1.88. The minimum absolute atomic E-state index is 0.0994. The van der Waals surface area contributed by atoms with Crippen LogP contribution in [0, 0.1) is 5.82 Å². The lowest BCUT2D eigenvalue weighted by molar-refractivity contribution is 0.0596. The van der Waals surface area contributed by atoms with Gasteiger partial charge >= 0.3 is 11.7 Å². The molecule has 0 bridgehead atoms. The van der Waals surface area contributed by atoms with Crippen LogP contribution in [0.25, 0.3) is 16.4 Å². The zero-order chi connectivity index (χ0) is 13.6. The van der Waals surface area contributed by atoms with E-state index in [9.17, 15) is 14.0 Å². The summed E-state index contributed by atoms with van der Waals surface area (Å²) >= 11 is 0. The summed E-state index contributed by atoms with van der Waals surface area (Å²) in [6, 6.07) is 3.72. The van der Waals surface area contributed by atoms with Gasteiger partial charge in [0, 0.05) is 5.39 Å². The van der Waals surface area contributed by atoms with E-state index in [2.05, 4.69) is 20.0 Å². The van der Waals surface area contributed by atoms with Gasteiger partial charge in [0.1, 0.15) is 11.3 Å². The highest BCUT2D eigenvalue weighted by molar-refractivity contribution is 6.04. The second-order valence-corrected chi connectivity index (χ2v) is 3.79. The largest absolute Gasteiger partial charge is 0.464 e. The number of halogens is 1. The summed E-state index contributed by atoms with van der Waals surface area (Å²) < 4.78 is 18.9. The van der Waals surface area contributed by atoms with Crippen molar-refractivity contribution in [2.75, 3.05) is 7.11 Å². The van der Waals surface area contributed by atoms with E-state index in [-0.39, 0.29) is 16.7 Å². The van der Waals surface area contributed by atoms with E-state index in [0.717, 1.165) is 4.52 Å². The van der Waals surface area contributed by atoms with Gasteiger partial charge < -0.3 is 4.74 Å². The number of rotatable bonds is 1. The van der Waals surface area contributed by atoms with Crippen LogP contribution >= 0.6 is 0 Å². The number of nitrogens with one attached hydrogen (secondary N) is 1. The highest BCUT2D eigenvalue weighted by Crippen LogP contribution is 2.20. The maximum Gasteiger partial charge on any atom is 0.368 e. The number of carbonyl (C=O) groups excluding carboxylic acids is 1. The molecule has 0 saturated heterocycles. The van der Waals surface area contributed by atoms with E-state index in [1.165, 1.54) is 25.3 Å². The van der Waals surface area contributed by atoms with Gasteiger partial charge in [-0.15, -0.1) is 5.10 Å². The van der Waals surface area contributed by atoms with Crippen LogP contribution in [-0.4, -0.2) is 32.9 Å². The minimum atomic E-state index is -0.727. The summed E-state index contributed by atoms with van der Waals surface area (Å²) in [5.41, 5.74) is -0.325. The summed E-state index contributed by atoms with van der Waals surface area (Å²) in [5.74, 6) is -1.23. The standard InChI is InChI=1S/C11H7FN4O3/c1-19-10(17)8-9-6-4-5(12)2-3-7(6)13-11(18)16(9)15-14-8/h2-4,15H,1H3. The number of carbonyl (C=O) groups is 1. The molecule has 0 aliphatic carbocycles. The maximum atomic E-state index is 13.3. The first kappa shape index (κ1) is 11.3. The number of hydrogen-bond donors (Lipinski definition) is 1. The van der Waals surface area contributed by atoms with Crippen LogP contribution in [0.15, 0.2) is 23.0 Å². The first-order chi connectivity index (χ1) is 9.11. The molecule has 3 aromatic rings. The average Bonchev–Trinajstić information content (AvgIpc) is 2.84. The summed E-state index contributed by atoms with van der Waals surface area (Å²) in [6.45, 7) is 0. The molecule has 0 atom stereocenters. The molecule has 0 unspecified atom stereocenters. The second-order valence-electron chi connectivity index (χ2n) is 3.79. The zero-order valence-corrected chi connectivity index (χ0v) is 9.68. The first-order valence-electron chi connectivity index (χ1n) is 5.26. The number of benzene rings is 1. The number of methoxy groups -OCH3 is 1. The molecule has 0 saturated carbocycles. The monoisotopic (exact) mass is 262 g/mol. The maximum absolute atomic E-state index is 13.3. The molecule has 0 spiro atoms. The predicted molar refractivity (Wildman–Crippen MR) is 62.4 cm³/mol. The molecule has 8 heteroatoms. The number of aromatic amines is 1. The van der Waals surface area contributed by atoms with E-state index in [1.807, 2.05) is 0 Å². The second kappa shape index (κ2) is 3.87. The van der Waals surface area contributed by atoms with Gasteiger partial charge in [0.25, 0.3) is 0 Å². The summed E-state index contributed by atoms with van der Waals surface area (Å²) in [4.78, 5) is 27.1. The Kier molecular flexibility index (Phi) is 2.31. The number of esters is 1. The van der Waals surface area contributed by atoms with E-state index < -0.39 is 17.5 Å². The predicted octanol–water partition coefficient (Wildman–Crippen LogP) is 0.496. The lowest BCUT2D eigenvalue weighted by atomic mass is 10.2. The van der Waals surface area contributed by atoms with E-state index in [0.29, 0.717) is 5.39 Å². The Morgan fingerprint density at radius 2 is 2.26 bits per heavy atom. The molecule has 3 rings (SSSR count). The van der Waals surface area contributed by atoms with E-state index in [4.69, 9.17) is 0 Å². The van der Waals surface area contributed by atoms with Crippen molar-refractivity contribution in [3.63, 3.8) is 0 Å². The number of fused-ring (bicyclic) bond motifs is 3. The van der Waals surface area contributed by atoms with Crippen LogP contribution < -0.4 is 5.69 Å². The Bertz CT molecular complexity index is 867. The molecule has 96 valence electrons. The van der Waals surface area contributed by atoms with Gasteiger partial charge in [0.15, 0.2) is 5.69 Å². The summed E-state index contributed by atoms with van der Waals surface area (Å²) in [5, 5.41) is 6.36. The van der Waals surface area contributed by atoms with Crippen LogP contribution in [0.5, 0.6) is 0 Å². The average molecular weight is 262 g/mol. The van der Waals surface area contributed by atoms with Gasteiger partial charge in [-0.25, -0.2) is 19.2 Å². The lowest BCUT2D eigenvalue weighted by Gasteiger charge is -2.00. The number of hydrogen-bond acceptors (Lipinski definition) is 5. The molecule has 0 radical (unpaired) electrons. The quantitative estimate of drug-likeness (QED) is 0.645. The van der Waals surface area contributed by atoms with Crippen molar-refractivity contribution in [1.82, 2.24) is 19.8 Å². The third kappa shape index (κ3) is 1.57. The van der Waals surface area contributed by atoms with Crippen LogP contribution in [0.3, 0.4) is 0 Å². The third-order valence-corrected chi connectivity index (χ3v) is 2.71. The Labute approximate surface area is 104 Å². The molecule has 1 N–H and O–H groups in total. The van der Waals surface area contributed by atoms with Gasteiger partial charge in [-0.3, -0.25) is 0 Å². The highest BCUT2D eigenvalue weighted by atomic mass is 19.1. The van der Waals surface area contributed by atoms with Crippen LogP contribution in [-0.2, 0) is 4.74 Å². The lowest BCUT2D eigenvalue weighted by Crippen LogP contribution is -2.17. The molecule has 0 aliphatic heterocycles. The molecule has 1 aromatic carbocycles. The topological polar surface area (TPSA) is 89.4 Å². The van der Waals surface area contributed by atoms with E-state index >= 15 is 0 Å². The van der Waals surface area contributed by atoms with Gasteiger partial charge in [0.2, 0.25) is 0 Å². The van der Waals surface area contributed by atoms with Gasteiger partial charge in [-0.05, 0) is 18.2 Å². The minimum Gasteiger partial charge on any atom is -0.464 e. The van der Waals surface area contributed by atoms with Crippen molar-refractivity contribution < 1.29 is 13.9 Å². The molecule has 0 aliphatic rings. The summed E-state index contributed by atoms with van der Waals surface area (Å²) in [7, 11) is 1.19. The molecular weight excluding hydrogens is 255 g/mol. The summed E-state index contributed by atoms with van der Waals surface area (Å²) in [6.07, 6.45) is 0. The molecule has 2 heterocycles. The number of nitrogens with zero attached hydrogens (tertiary/aromatic N) is 3. The van der Waals surface area contributed by atoms with Gasteiger partial charge in [-0.2, -0.15) is 9.50 Å². The van der Waals surface area contributed by atoms with Crippen molar-refractivity contribution in [2.45, 2.75) is 0 Å². The van der Waals surface area contributed by atoms with Crippen molar-refractivity contribution in [3.05, 3.63) is 40.2 Å². The van der Waals surface area contributed by atoms with E-state index in [1.54, 1.807) is 0 Å².